The van der Waals surface area contributed by atoms with E-state index in [0.717, 1.165) is 13.1 Å². The Bertz CT molecular complexity index is 1080. The number of carbonyl (C=O) groups is 3. The summed E-state index contributed by atoms with van der Waals surface area (Å²) in [4.78, 5) is 43.7. The molecule has 10 heteroatoms. The molecule has 0 radical (unpaired) electrons. The maximum absolute atomic E-state index is 12.5. The molecule has 10 nitrogen and oxygen atoms in total. The summed E-state index contributed by atoms with van der Waals surface area (Å²) >= 11 is 0. The van der Waals surface area contributed by atoms with E-state index in [4.69, 9.17) is 9.84 Å². The molecule has 1 saturated heterocycles. The minimum atomic E-state index is -1.12. The van der Waals surface area contributed by atoms with Gasteiger partial charge in [0.25, 0.3) is 5.91 Å². The van der Waals surface area contributed by atoms with Crippen LogP contribution in [0.4, 0.5) is 10.5 Å². The number of amides is 2. The molecule has 0 spiro atoms. The molecule has 170 valence electrons. The summed E-state index contributed by atoms with van der Waals surface area (Å²) in [6, 6.07) is 3.26. The van der Waals surface area contributed by atoms with Gasteiger partial charge in [-0.3, -0.25) is 4.79 Å². The van der Waals surface area contributed by atoms with Crippen LogP contribution in [0.1, 0.15) is 30.8 Å². The summed E-state index contributed by atoms with van der Waals surface area (Å²) in [5.41, 5.74) is 1.30. The van der Waals surface area contributed by atoms with E-state index in [-0.39, 0.29) is 17.7 Å². The van der Waals surface area contributed by atoms with Crippen molar-refractivity contribution in [3.8, 4) is 0 Å². The van der Waals surface area contributed by atoms with Gasteiger partial charge < -0.3 is 29.4 Å². The van der Waals surface area contributed by atoms with Crippen LogP contribution in [-0.2, 0) is 9.53 Å². The number of imidazole rings is 1. The van der Waals surface area contributed by atoms with Gasteiger partial charge in [-0.15, -0.1) is 0 Å². The second kappa shape index (κ2) is 10.1. The maximum atomic E-state index is 12.5. The zero-order valence-electron chi connectivity index (χ0n) is 18.4. The predicted octanol–water partition coefficient (Wildman–Crippen LogP) is 2.60. The highest BCUT2D eigenvalue weighted by atomic mass is 16.6. The van der Waals surface area contributed by atoms with Gasteiger partial charge in [-0.2, -0.15) is 0 Å². The zero-order chi connectivity index (χ0) is 23.3. The van der Waals surface area contributed by atoms with Crippen molar-refractivity contribution < 1.29 is 24.2 Å². The van der Waals surface area contributed by atoms with Gasteiger partial charge in [-0.1, -0.05) is 13.0 Å². The van der Waals surface area contributed by atoms with E-state index in [1.54, 1.807) is 42.3 Å². The Morgan fingerprint density at radius 1 is 1.16 bits per heavy atom. The molecule has 0 unspecified atom stereocenters. The quantitative estimate of drug-likeness (QED) is 0.402. The van der Waals surface area contributed by atoms with E-state index in [9.17, 15) is 14.4 Å². The van der Waals surface area contributed by atoms with Gasteiger partial charge in [-0.25, -0.2) is 14.6 Å². The first-order valence-corrected chi connectivity index (χ1v) is 10.3. The van der Waals surface area contributed by atoms with Crippen LogP contribution >= 0.6 is 0 Å². The number of piperazine rings is 1. The fourth-order valence-corrected chi connectivity index (χ4v) is 3.08. The minimum absolute atomic E-state index is 0.0760. The number of hydrogen-bond donors (Lipinski definition) is 2. The fourth-order valence-electron chi connectivity index (χ4n) is 3.08. The van der Waals surface area contributed by atoms with Gasteiger partial charge >= 0.3 is 12.1 Å². The highest BCUT2D eigenvalue weighted by Gasteiger charge is 2.21. The number of anilines is 1. The van der Waals surface area contributed by atoms with Gasteiger partial charge in [0.2, 0.25) is 0 Å². The zero-order valence-corrected chi connectivity index (χ0v) is 18.4. The van der Waals surface area contributed by atoms with Crippen LogP contribution in [0, 0.1) is 0 Å². The maximum Gasteiger partial charge on any atom is 0.414 e. The SMILES string of the molecule is CC/C(=C\C=C(/C)C(=O)Nc1ccc2nc(C(=O)O)cn2c1)OC(=O)N1CCN(C)CC1. The third-order valence-electron chi connectivity index (χ3n) is 5.13. The molecule has 3 rings (SSSR count). The van der Waals surface area contributed by atoms with Gasteiger partial charge in [0.15, 0.2) is 5.69 Å². The summed E-state index contributed by atoms with van der Waals surface area (Å²) < 4.78 is 7.02. The van der Waals surface area contributed by atoms with Gasteiger partial charge in [0, 0.05) is 50.6 Å². The number of carboxylic acids is 1. The fraction of sp³-hybridized carbons (Fsp3) is 0.364. The topological polar surface area (TPSA) is 116 Å². The van der Waals surface area contributed by atoms with E-state index >= 15 is 0 Å². The van der Waals surface area contributed by atoms with Crippen molar-refractivity contribution in [3.63, 3.8) is 0 Å². The lowest BCUT2D eigenvalue weighted by Gasteiger charge is -2.31. The molecule has 2 aromatic rings. The lowest BCUT2D eigenvalue weighted by molar-refractivity contribution is -0.112. The van der Waals surface area contributed by atoms with E-state index in [1.807, 2.05) is 14.0 Å². The summed E-state index contributed by atoms with van der Waals surface area (Å²) in [6.07, 6.45) is 6.32. The largest absolute Gasteiger partial charge is 0.476 e. The number of nitrogens with zero attached hydrogens (tertiary/aromatic N) is 4. The molecule has 3 heterocycles. The van der Waals surface area contributed by atoms with E-state index in [0.29, 0.717) is 42.2 Å². The third kappa shape index (κ3) is 5.73. The molecule has 2 N–H and O–H groups in total. The Kier molecular flexibility index (Phi) is 7.26. The Hall–Kier alpha value is -3.66. The standard InChI is InChI=1S/C22H27N5O5/c1-4-17(32-22(31)26-11-9-25(3)10-12-26)7-5-15(2)20(28)23-16-6-8-19-24-18(21(29)30)14-27(19)13-16/h5-8,13-14H,4,9-12H2,1-3H3,(H,23,28)(H,29,30)/b15-5+,17-7+. The van der Waals surface area contributed by atoms with Crippen LogP contribution in [0.3, 0.4) is 0 Å². The molecule has 0 bridgehead atoms. The van der Waals surface area contributed by atoms with Crippen LogP contribution < -0.4 is 5.32 Å². The smallest absolute Gasteiger partial charge is 0.414 e. The highest BCUT2D eigenvalue weighted by molar-refractivity contribution is 6.03. The average Bonchev–Trinajstić information content (AvgIpc) is 3.20. The Morgan fingerprint density at radius 3 is 2.53 bits per heavy atom. The number of rotatable bonds is 6. The molecule has 2 amide bonds. The number of pyridine rings is 1. The summed E-state index contributed by atoms with van der Waals surface area (Å²) in [5.74, 6) is -0.980. The Balaban J connectivity index is 1.62. The minimum Gasteiger partial charge on any atom is -0.476 e. The van der Waals surface area contributed by atoms with Crippen molar-refractivity contribution in [1.82, 2.24) is 19.2 Å². The molecular weight excluding hydrogens is 414 g/mol. The van der Waals surface area contributed by atoms with Crippen molar-refractivity contribution in [1.29, 1.82) is 0 Å². The molecule has 0 saturated carbocycles. The van der Waals surface area contributed by atoms with E-state index in [2.05, 4.69) is 15.2 Å². The van der Waals surface area contributed by atoms with Crippen molar-refractivity contribution >= 4 is 29.3 Å². The molecule has 0 atom stereocenters. The van der Waals surface area contributed by atoms with Crippen LogP contribution in [0.15, 0.2) is 48.0 Å². The Morgan fingerprint density at radius 2 is 1.88 bits per heavy atom. The number of fused-ring (bicyclic) bond motifs is 1. The number of carbonyl (C=O) groups excluding carboxylic acids is 2. The van der Waals surface area contributed by atoms with Crippen molar-refractivity contribution in [2.24, 2.45) is 0 Å². The van der Waals surface area contributed by atoms with Crippen LogP contribution in [-0.4, -0.2) is 75.5 Å². The Labute approximate surface area is 185 Å². The average molecular weight is 441 g/mol. The first-order chi connectivity index (χ1) is 15.3. The van der Waals surface area contributed by atoms with E-state index in [1.165, 1.54) is 10.6 Å². The number of ether oxygens (including phenoxy) is 1. The van der Waals surface area contributed by atoms with Gasteiger partial charge in [0.05, 0.1) is 5.69 Å². The number of hydrogen-bond acceptors (Lipinski definition) is 6. The number of aromatic nitrogens is 2. The van der Waals surface area contributed by atoms with Crippen molar-refractivity contribution in [2.45, 2.75) is 20.3 Å². The second-order valence-corrected chi connectivity index (χ2v) is 7.56. The molecule has 1 aliphatic heterocycles. The van der Waals surface area contributed by atoms with Crippen LogP contribution in [0.25, 0.3) is 5.65 Å². The molecule has 32 heavy (non-hydrogen) atoms. The summed E-state index contributed by atoms with van der Waals surface area (Å²) in [6.45, 7) is 6.39. The number of carboxylic acid groups (broad SMARTS) is 1. The summed E-state index contributed by atoms with van der Waals surface area (Å²) in [5, 5.41) is 11.8. The number of nitrogens with one attached hydrogen (secondary N) is 1. The second-order valence-electron chi connectivity index (χ2n) is 7.56. The molecule has 1 aliphatic rings. The molecular formula is C22H27N5O5. The molecule has 0 aliphatic carbocycles. The van der Waals surface area contributed by atoms with Crippen LogP contribution in [0.5, 0.6) is 0 Å². The van der Waals surface area contributed by atoms with E-state index < -0.39 is 5.97 Å². The predicted molar refractivity (Wildman–Crippen MR) is 118 cm³/mol. The lowest BCUT2D eigenvalue weighted by Crippen LogP contribution is -2.47. The van der Waals surface area contributed by atoms with Gasteiger partial charge in [0.1, 0.15) is 11.4 Å². The first-order valence-electron chi connectivity index (χ1n) is 10.3. The monoisotopic (exact) mass is 441 g/mol. The summed E-state index contributed by atoms with van der Waals surface area (Å²) in [7, 11) is 2.01. The number of aromatic carboxylic acids is 1. The first kappa shape index (κ1) is 23.0. The molecule has 0 aromatic carbocycles. The lowest BCUT2D eigenvalue weighted by atomic mass is 10.2. The third-order valence-corrected chi connectivity index (χ3v) is 5.13. The number of likely N-dealkylation sites (N-methyl/N-ethyl adjacent to an activating group) is 1. The molecule has 1 fully saturated rings. The highest BCUT2D eigenvalue weighted by Crippen LogP contribution is 2.14. The molecule has 2 aromatic heterocycles. The van der Waals surface area contributed by atoms with Gasteiger partial charge in [-0.05, 0) is 32.2 Å². The van der Waals surface area contributed by atoms with Crippen LogP contribution in [0.2, 0.25) is 0 Å². The normalized spacial score (nSPS) is 15.7. The van der Waals surface area contributed by atoms with Crippen molar-refractivity contribution in [2.75, 3.05) is 38.5 Å². The number of allylic oxidation sites excluding steroid dienone is 3. The van der Waals surface area contributed by atoms with Crippen molar-refractivity contribution in [3.05, 3.63) is 53.7 Å².